The Morgan fingerprint density at radius 1 is 1.22 bits per heavy atom. The fourth-order valence-corrected chi connectivity index (χ4v) is 1.93. The van der Waals surface area contributed by atoms with Crippen LogP contribution in [0.15, 0.2) is 36.5 Å². The maximum absolute atomic E-state index is 12.0. The SMILES string of the molecule is COc1ncccc1C(=O)NCCC(=O)Nc1cccc(C)n1. The molecule has 23 heavy (non-hydrogen) atoms. The Balaban J connectivity index is 1.82. The van der Waals surface area contributed by atoms with E-state index in [1.165, 1.54) is 13.3 Å². The molecule has 0 spiro atoms. The van der Waals surface area contributed by atoms with Crippen LogP contribution in [-0.2, 0) is 4.79 Å². The number of pyridine rings is 2. The minimum Gasteiger partial charge on any atom is -0.480 e. The van der Waals surface area contributed by atoms with Gasteiger partial charge >= 0.3 is 0 Å². The zero-order valence-corrected chi connectivity index (χ0v) is 13.0. The first-order valence-electron chi connectivity index (χ1n) is 7.11. The monoisotopic (exact) mass is 314 g/mol. The minimum absolute atomic E-state index is 0.143. The standard InChI is InChI=1S/C16H18N4O3/c1-11-5-3-7-13(19-11)20-14(21)8-10-17-15(22)12-6-4-9-18-16(12)23-2/h3-7,9H,8,10H2,1-2H3,(H,17,22)(H,19,20,21). The average molecular weight is 314 g/mol. The number of aryl methyl sites for hydroxylation is 1. The molecule has 2 amide bonds. The molecule has 0 fully saturated rings. The van der Waals surface area contributed by atoms with Crippen LogP contribution < -0.4 is 15.4 Å². The molecule has 0 aliphatic heterocycles. The molecule has 120 valence electrons. The molecule has 0 aromatic carbocycles. The van der Waals surface area contributed by atoms with Crippen molar-refractivity contribution in [2.24, 2.45) is 0 Å². The van der Waals surface area contributed by atoms with Gasteiger partial charge in [-0.3, -0.25) is 9.59 Å². The second-order valence-electron chi connectivity index (χ2n) is 4.78. The molecule has 0 bridgehead atoms. The topological polar surface area (TPSA) is 93.2 Å². The number of carbonyl (C=O) groups excluding carboxylic acids is 2. The first-order valence-corrected chi connectivity index (χ1v) is 7.11. The number of nitrogens with one attached hydrogen (secondary N) is 2. The third-order valence-corrected chi connectivity index (χ3v) is 3.00. The van der Waals surface area contributed by atoms with Gasteiger partial charge in [0.1, 0.15) is 11.4 Å². The average Bonchev–Trinajstić information content (AvgIpc) is 2.54. The molecule has 2 rings (SSSR count). The van der Waals surface area contributed by atoms with E-state index in [-0.39, 0.29) is 30.7 Å². The van der Waals surface area contributed by atoms with Gasteiger partial charge in [0.05, 0.1) is 7.11 Å². The third-order valence-electron chi connectivity index (χ3n) is 3.00. The summed E-state index contributed by atoms with van der Waals surface area (Å²) >= 11 is 0. The van der Waals surface area contributed by atoms with Crippen molar-refractivity contribution < 1.29 is 14.3 Å². The lowest BCUT2D eigenvalue weighted by Crippen LogP contribution is -2.28. The predicted octanol–water partition coefficient (Wildman–Crippen LogP) is 1.55. The largest absolute Gasteiger partial charge is 0.480 e. The minimum atomic E-state index is -0.337. The molecular weight excluding hydrogens is 296 g/mol. The summed E-state index contributed by atoms with van der Waals surface area (Å²) in [6.45, 7) is 2.05. The fourth-order valence-electron chi connectivity index (χ4n) is 1.93. The van der Waals surface area contributed by atoms with E-state index in [4.69, 9.17) is 4.74 Å². The number of methoxy groups -OCH3 is 1. The van der Waals surface area contributed by atoms with Crippen molar-refractivity contribution >= 4 is 17.6 Å². The van der Waals surface area contributed by atoms with E-state index in [0.717, 1.165) is 5.69 Å². The lowest BCUT2D eigenvalue weighted by molar-refractivity contribution is -0.116. The Bertz CT molecular complexity index is 703. The Morgan fingerprint density at radius 3 is 2.78 bits per heavy atom. The quantitative estimate of drug-likeness (QED) is 0.844. The zero-order valence-electron chi connectivity index (χ0n) is 13.0. The molecule has 0 aliphatic rings. The highest BCUT2D eigenvalue weighted by Gasteiger charge is 2.12. The molecule has 0 saturated carbocycles. The van der Waals surface area contributed by atoms with Gasteiger partial charge in [0.15, 0.2) is 0 Å². The van der Waals surface area contributed by atoms with Crippen molar-refractivity contribution in [1.82, 2.24) is 15.3 Å². The second kappa shape index (κ2) is 7.88. The summed E-state index contributed by atoms with van der Waals surface area (Å²) in [7, 11) is 1.45. The number of ether oxygens (including phenoxy) is 1. The summed E-state index contributed by atoms with van der Waals surface area (Å²) in [5.74, 6) is 0.187. The molecule has 0 aliphatic carbocycles. The van der Waals surface area contributed by atoms with Gasteiger partial charge in [0.2, 0.25) is 11.8 Å². The van der Waals surface area contributed by atoms with E-state index < -0.39 is 0 Å². The highest BCUT2D eigenvalue weighted by atomic mass is 16.5. The number of nitrogens with zero attached hydrogens (tertiary/aromatic N) is 2. The van der Waals surface area contributed by atoms with Crippen LogP contribution in [0.4, 0.5) is 5.82 Å². The Kier molecular flexibility index (Phi) is 5.62. The summed E-state index contributed by atoms with van der Waals surface area (Å²) in [6, 6.07) is 8.63. The fraction of sp³-hybridized carbons (Fsp3) is 0.250. The van der Waals surface area contributed by atoms with E-state index in [2.05, 4.69) is 20.6 Å². The van der Waals surface area contributed by atoms with Gasteiger partial charge in [-0.1, -0.05) is 6.07 Å². The summed E-state index contributed by atoms with van der Waals surface area (Å²) < 4.78 is 5.02. The van der Waals surface area contributed by atoms with E-state index in [1.807, 2.05) is 19.1 Å². The van der Waals surface area contributed by atoms with E-state index in [0.29, 0.717) is 11.4 Å². The van der Waals surface area contributed by atoms with Crippen molar-refractivity contribution in [3.05, 3.63) is 47.8 Å². The Morgan fingerprint density at radius 2 is 2.04 bits per heavy atom. The molecule has 2 aromatic heterocycles. The summed E-state index contributed by atoms with van der Waals surface area (Å²) in [4.78, 5) is 32.0. The maximum atomic E-state index is 12.0. The molecule has 2 N–H and O–H groups in total. The second-order valence-corrected chi connectivity index (χ2v) is 4.78. The number of anilines is 1. The van der Waals surface area contributed by atoms with Gasteiger partial charge in [-0.15, -0.1) is 0 Å². The van der Waals surface area contributed by atoms with Crippen LogP contribution in [0.3, 0.4) is 0 Å². The first-order chi connectivity index (χ1) is 11.1. The van der Waals surface area contributed by atoms with Crippen molar-refractivity contribution in [1.29, 1.82) is 0 Å². The number of rotatable bonds is 6. The molecular formula is C16H18N4O3. The Hall–Kier alpha value is -2.96. The predicted molar refractivity (Wildman–Crippen MR) is 85.3 cm³/mol. The number of carbonyl (C=O) groups is 2. The van der Waals surface area contributed by atoms with Gasteiger partial charge in [-0.05, 0) is 31.2 Å². The van der Waals surface area contributed by atoms with Crippen LogP contribution in [0.5, 0.6) is 5.88 Å². The number of hydrogen-bond donors (Lipinski definition) is 2. The van der Waals surface area contributed by atoms with Gasteiger partial charge < -0.3 is 15.4 Å². The van der Waals surface area contributed by atoms with E-state index >= 15 is 0 Å². The van der Waals surface area contributed by atoms with Crippen molar-refractivity contribution in [2.75, 3.05) is 19.0 Å². The lowest BCUT2D eigenvalue weighted by atomic mass is 10.2. The Labute approximate surface area is 134 Å². The highest BCUT2D eigenvalue weighted by molar-refractivity contribution is 5.97. The van der Waals surface area contributed by atoms with Gasteiger partial charge in [-0.25, -0.2) is 9.97 Å². The maximum Gasteiger partial charge on any atom is 0.256 e. The van der Waals surface area contributed by atoms with Crippen LogP contribution in [-0.4, -0.2) is 35.4 Å². The third kappa shape index (κ3) is 4.77. The summed E-state index contributed by atoms with van der Waals surface area (Å²) in [6.07, 6.45) is 1.68. The molecule has 2 heterocycles. The molecule has 2 aromatic rings. The van der Waals surface area contributed by atoms with Crippen LogP contribution in [0.1, 0.15) is 22.5 Å². The molecule has 7 heteroatoms. The van der Waals surface area contributed by atoms with Crippen molar-refractivity contribution in [3.63, 3.8) is 0 Å². The van der Waals surface area contributed by atoms with Gasteiger partial charge in [0, 0.05) is 24.9 Å². The number of hydrogen-bond acceptors (Lipinski definition) is 5. The molecule has 0 saturated heterocycles. The van der Waals surface area contributed by atoms with Crippen LogP contribution in [0.25, 0.3) is 0 Å². The van der Waals surface area contributed by atoms with E-state index in [1.54, 1.807) is 18.2 Å². The molecule has 0 radical (unpaired) electrons. The van der Waals surface area contributed by atoms with Gasteiger partial charge in [-0.2, -0.15) is 0 Å². The number of aromatic nitrogens is 2. The number of amides is 2. The normalized spacial score (nSPS) is 10.0. The van der Waals surface area contributed by atoms with Crippen molar-refractivity contribution in [2.45, 2.75) is 13.3 Å². The zero-order chi connectivity index (χ0) is 16.7. The first kappa shape index (κ1) is 16.4. The van der Waals surface area contributed by atoms with Crippen molar-refractivity contribution in [3.8, 4) is 5.88 Å². The lowest BCUT2D eigenvalue weighted by Gasteiger charge is -2.08. The van der Waals surface area contributed by atoms with Crippen LogP contribution in [0.2, 0.25) is 0 Å². The van der Waals surface area contributed by atoms with Gasteiger partial charge in [0.25, 0.3) is 5.91 Å². The van der Waals surface area contributed by atoms with Crippen LogP contribution >= 0.6 is 0 Å². The molecule has 0 atom stereocenters. The molecule has 0 unspecified atom stereocenters. The summed E-state index contributed by atoms with van der Waals surface area (Å²) in [5, 5.41) is 5.34. The smallest absolute Gasteiger partial charge is 0.256 e. The van der Waals surface area contributed by atoms with E-state index in [9.17, 15) is 9.59 Å². The highest BCUT2D eigenvalue weighted by Crippen LogP contribution is 2.12. The summed E-state index contributed by atoms with van der Waals surface area (Å²) in [5.41, 5.74) is 1.15. The molecule has 7 nitrogen and oxygen atoms in total. The van der Waals surface area contributed by atoms with Crippen LogP contribution in [0, 0.1) is 6.92 Å².